The lowest BCUT2D eigenvalue weighted by molar-refractivity contribution is -0.142. The van der Waals surface area contributed by atoms with Crippen LogP contribution in [0.15, 0.2) is 60.2 Å². The Morgan fingerprint density at radius 1 is 1.20 bits per heavy atom. The third-order valence-electron chi connectivity index (χ3n) is 5.79. The fraction of sp³-hybridized carbons (Fsp3) is 0.385. The zero-order valence-electron chi connectivity index (χ0n) is 19.7. The average Bonchev–Trinajstić information content (AvgIpc) is 2.84. The van der Waals surface area contributed by atoms with Gasteiger partial charge >= 0.3 is 0 Å². The van der Waals surface area contributed by atoms with Gasteiger partial charge in [-0.25, -0.2) is 4.39 Å². The molecular weight excluding hydrogens is 566 g/mol. The molecule has 1 aliphatic carbocycles. The first-order valence-electron chi connectivity index (χ1n) is 11.5. The zero-order valence-corrected chi connectivity index (χ0v) is 21.8. The molecule has 0 aliphatic heterocycles. The summed E-state index contributed by atoms with van der Waals surface area (Å²) in [7, 11) is 0. The second-order valence-corrected chi connectivity index (χ2v) is 9.82. The van der Waals surface area contributed by atoms with Crippen molar-refractivity contribution in [3.8, 4) is 5.75 Å². The lowest BCUT2D eigenvalue weighted by atomic mass is 9.87. The van der Waals surface area contributed by atoms with Crippen molar-refractivity contribution in [1.29, 1.82) is 0 Å². The van der Waals surface area contributed by atoms with Crippen molar-refractivity contribution in [3.63, 3.8) is 0 Å². The third-order valence-corrected chi connectivity index (χ3v) is 6.68. The molecule has 0 saturated carbocycles. The van der Waals surface area contributed by atoms with Gasteiger partial charge in [0.2, 0.25) is 11.8 Å². The molecule has 188 valence electrons. The highest BCUT2D eigenvalue weighted by Crippen LogP contribution is 2.31. The van der Waals surface area contributed by atoms with Crippen LogP contribution in [0.1, 0.15) is 25.8 Å². The molecule has 3 rings (SSSR count). The van der Waals surface area contributed by atoms with Crippen molar-refractivity contribution >= 4 is 34.4 Å². The quantitative estimate of drug-likeness (QED) is 0.387. The molecule has 0 saturated heterocycles. The fourth-order valence-corrected chi connectivity index (χ4v) is 4.48. The van der Waals surface area contributed by atoms with E-state index in [1.807, 2.05) is 12.1 Å². The molecule has 35 heavy (non-hydrogen) atoms. The number of para-hydroxylation sites is 1. The van der Waals surface area contributed by atoms with Gasteiger partial charge in [0.1, 0.15) is 23.8 Å². The lowest BCUT2D eigenvalue weighted by Crippen LogP contribution is -2.55. The fourth-order valence-electron chi connectivity index (χ4n) is 3.97. The van der Waals surface area contributed by atoms with Crippen LogP contribution in [0.2, 0.25) is 0 Å². The number of aliphatic hydroxyl groups is 2. The maximum atomic E-state index is 14.5. The monoisotopic (exact) mass is 596 g/mol. The summed E-state index contributed by atoms with van der Waals surface area (Å²) >= 11 is 2.12. The number of nitrogens with zero attached hydrogens (tertiary/aromatic N) is 1. The van der Waals surface area contributed by atoms with Crippen LogP contribution in [-0.4, -0.2) is 58.3 Å². The van der Waals surface area contributed by atoms with E-state index in [0.717, 1.165) is 3.57 Å². The number of rotatable bonds is 9. The number of halogens is 2. The molecule has 0 unspecified atom stereocenters. The summed E-state index contributed by atoms with van der Waals surface area (Å²) in [6, 6.07) is 12.6. The van der Waals surface area contributed by atoms with E-state index in [1.54, 1.807) is 50.3 Å². The number of carbonyl (C=O) groups is 2. The van der Waals surface area contributed by atoms with Crippen molar-refractivity contribution in [2.75, 3.05) is 13.2 Å². The van der Waals surface area contributed by atoms with E-state index in [-0.39, 0.29) is 32.0 Å². The summed E-state index contributed by atoms with van der Waals surface area (Å²) in [5, 5.41) is 23.1. The van der Waals surface area contributed by atoms with Gasteiger partial charge in [-0.1, -0.05) is 44.2 Å². The highest BCUT2D eigenvalue weighted by Gasteiger charge is 2.41. The molecule has 0 aromatic heterocycles. The number of carbonyl (C=O) groups excluding carboxylic acids is 2. The second kappa shape index (κ2) is 12.5. The molecule has 0 fully saturated rings. The zero-order chi connectivity index (χ0) is 25.5. The first-order valence-corrected chi connectivity index (χ1v) is 12.5. The first kappa shape index (κ1) is 27.1. The maximum absolute atomic E-state index is 14.5. The van der Waals surface area contributed by atoms with Gasteiger partial charge in [-0.15, -0.1) is 0 Å². The van der Waals surface area contributed by atoms with Crippen LogP contribution >= 0.6 is 22.6 Å². The number of nitrogens with one attached hydrogen (secondary N) is 1. The van der Waals surface area contributed by atoms with Gasteiger partial charge in [-0.05, 0) is 46.9 Å². The van der Waals surface area contributed by atoms with E-state index in [9.17, 15) is 19.1 Å². The van der Waals surface area contributed by atoms with E-state index in [2.05, 4.69) is 27.9 Å². The number of amides is 2. The molecule has 1 aliphatic rings. The van der Waals surface area contributed by atoms with E-state index in [1.165, 1.54) is 11.0 Å². The molecule has 0 radical (unpaired) electrons. The van der Waals surface area contributed by atoms with Gasteiger partial charge in [-0.3, -0.25) is 9.59 Å². The summed E-state index contributed by atoms with van der Waals surface area (Å²) < 4.78 is 21.4. The third kappa shape index (κ3) is 6.80. The predicted octanol–water partition coefficient (Wildman–Crippen LogP) is 3.03. The number of hydrogen-bond acceptors (Lipinski definition) is 5. The van der Waals surface area contributed by atoms with Crippen LogP contribution in [0.3, 0.4) is 0 Å². The molecule has 9 heteroatoms. The van der Waals surface area contributed by atoms with E-state index >= 15 is 0 Å². The number of ether oxygens (including phenoxy) is 1. The van der Waals surface area contributed by atoms with Gasteiger partial charge in [-0.2, -0.15) is 0 Å². The van der Waals surface area contributed by atoms with Crippen LogP contribution in [0.25, 0.3) is 0 Å². The van der Waals surface area contributed by atoms with E-state index in [4.69, 9.17) is 9.84 Å². The first-order chi connectivity index (χ1) is 16.7. The average molecular weight is 596 g/mol. The standard InChI is InChI=1S/C26H30FIN2O5/c1-16(2)26(34)30(15-17-7-3-4-8-19(17)27)21-13-18(25(33)29-11-12-31)14-23(24(21)32)35-22-10-6-5-9-20(22)28/h3-10,14,16,21,23-24,31-32H,11-13,15H2,1-2H3,(H,29,33)/t21-,23+,24+/m1/s1. The molecule has 0 bridgehead atoms. The summed E-state index contributed by atoms with van der Waals surface area (Å²) in [4.78, 5) is 27.5. The van der Waals surface area contributed by atoms with Crippen molar-refractivity contribution in [2.24, 2.45) is 5.92 Å². The van der Waals surface area contributed by atoms with Gasteiger partial charge in [0, 0.05) is 36.6 Å². The number of hydrogen-bond donors (Lipinski definition) is 3. The van der Waals surface area contributed by atoms with Crippen molar-refractivity contribution in [2.45, 2.75) is 45.1 Å². The topological polar surface area (TPSA) is 99.1 Å². The summed E-state index contributed by atoms with van der Waals surface area (Å²) in [6.07, 6.45) is -0.493. The van der Waals surface area contributed by atoms with Crippen LogP contribution in [0.5, 0.6) is 5.75 Å². The molecule has 0 heterocycles. The molecule has 0 spiro atoms. The molecule has 3 N–H and O–H groups in total. The Morgan fingerprint density at radius 3 is 2.54 bits per heavy atom. The lowest BCUT2D eigenvalue weighted by Gasteiger charge is -2.41. The minimum absolute atomic E-state index is 0.0527. The Kier molecular flexibility index (Phi) is 9.64. The van der Waals surface area contributed by atoms with Gasteiger partial charge in [0.25, 0.3) is 0 Å². The molecular formula is C26H30FIN2O5. The smallest absolute Gasteiger partial charge is 0.247 e. The van der Waals surface area contributed by atoms with Crippen LogP contribution in [-0.2, 0) is 16.1 Å². The summed E-state index contributed by atoms with van der Waals surface area (Å²) in [5.41, 5.74) is 0.629. The van der Waals surface area contributed by atoms with Crippen LogP contribution in [0.4, 0.5) is 4.39 Å². The van der Waals surface area contributed by atoms with Crippen molar-refractivity contribution in [1.82, 2.24) is 10.2 Å². The number of aliphatic hydroxyl groups excluding tert-OH is 2. The highest BCUT2D eigenvalue weighted by molar-refractivity contribution is 14.1. The Hall–Kier alpha value is -2.50. The summed E-state index contributed by atoms with van der Waals surface area (Å²) in [6.45, 7) is 3.24. The maximum Gasteiger partial charge on any atom is 0.247 e. The second-order valence-electron chi connectivity index (χ2n) is 8.66. The van der Waals surface area contributed by atoms with Crippen LogP contribution < -0.4 is 10.1 Å². The molecule has 2 amide bonds. The Morgan fingerprint density at radius 2 is 1.89 bits per heavy atom. The molecule has 7 nitrogen and oxygen atoms in total. The van der Waals surface area contributed by atoms with Crippen molar-refractivity contribution in [3.05, 3.63) is 75.1 Å². The predicted molar refractivity (Wildman–Crippen MR) is 138 cm³/mol. The molecule has 2 aromatic rings. The Balaban J connectivity index is 2.00. The molecule has 3 atom stereocenters. The number of benzene rings is 2. The van der Waals surface area contributed by atoms with Gasteiger partial charge in [0.15, 0.2) is 0 Å². The van der Waals surface area contributed by atoms with E-state index < -0.39 is 35.9 Å². The van der Waals surface area contributed by atoms with Crippen LogP contribution in [0, 0.1) is 15.3 Å². The Labute approximate surface area is 218 Å². The Bertz CT molecular complexity index is 1080. The SMILES string of the molecule is CC(C)C(=O)N(Cc1ccccc1F)[C@@H]1CC(C(=O)NCCO)=C[C@H](Oc2ccccc2I)[C@H]1O. The van der Waals surface area contributed by atoms with E-state index in [0.29, 0.717) is 16.9 Å². The normalized spacial score (nSPS) is 19.7. The van der Waals surface area contributed by atoms with Gasteiger partial charge < -0.3 is 25.2 Å². The minimum atomic E-state index is -1.17. The summed E-state index contributed by atoms with van der Waals surface area (Å²) in [5.74, 6) is -1.04. The van der Waals surface area contributed by atoms with Crippen molar-refractivity contribution < 1.29 is 28.9 Å². The largest absolute Gasteiger partial charge is 0.482 e. The van der Waals surface area contributed by atoms with Gasteiger partial charge in [0.05, 0.1) is 16.2 Å². The molecule has 2 aromatic carbocycles. The minimum Gasteiger partial charge on any atom is -0.482 e. The highest BCUT2D eigenvalue weighted by atomic mass is 127.